The van der Waals surface area contributed by atoms with Crippen molar-refractivity contribution in [3.63, 3.8) is 0 Å². The van der Waals surface area contributed by atoms with E-state index in [9.17, 15) is 10.1 Å². The lowest BCUT2D eigenvalue weighted by Crippen LogP contribution is -2.05. The van der Waals surface area contributed by atoms with Crippen LogP contribution in [0, 0.1) is 10.1 Å². The predicted molar refractivity (Wildman–Crippen MR) is 121 cm³/mol. The van der Waals surface area contributed by atoms with E-state index < -0.39 is 0 Å². The molecule has 5 rings (SSSR count). The highest BCUT2D eigenvalue weighted by molar-refractivity contribution is 5.93. The van der Waals surface area contributed by atoms with Gasteiger partial charge < -0.3 is 4.57 Å². The molecule has 4 nitrogen and oxygen atoms in total. The van der Waals surface area contributed by atoms with Gasteiger partial charge in [-0.05, 0) is 54.3 Å². The van der Waals surface area contributed by atoms with Crippen molar-refractivity contribution in [1.29, 1.82) is 0 Å². The van der Waals surface area contributed by atoms with E-state index in [4.69, 9.17) is 0 Å². The lowest BCUT2D eigenvalue weighted by molar-refractivity contribution is -0.417. The first-order valence-corrected chi connectivity index (χ1v) is 10.0. The molecule has 0 fully saturated rings. The molecular weight excluding hydrogens is 372 g/mol. The highest BCUT2D eigenvalue weighted by atomic mass is 16.6. The summed E-state index contributed by atoms with van der Waals surface area (Å²) in [6.45, 7) is 0. The maximum atomic E-state index is 11.6. The fraction of sp³-hybridized carbons (Fsp3) is 0.0769. The van der Waals surface area contributed by atoms with E-state index in [2.05, 4.69) is 47.0 Å². The Bertz CT molecular complexity index is 1300. The van der Waals surface area contributed by atoms with Crippen LogP contribution in [0.5, 0.6) is 0 Å². The van der Waals surface area contributed by atoms with Gasteiger partial charge in [0.25, 0.3) is 5.70 Å². The fourth-order valence-corrected chi connectivity index (χ4v) is 4.15. The van der Waals surface area contributed by atoms with Crippen LogP contribution in [0.2, 0.25) is 0 Å². The molecule has 0 atom stereocenters. The smallest absolute Gasteiger partial charge is 0.272 e. The summed E-state index contributed by atoms with van der Waals surface area (Å²) < 4.78 is 2.23. The SMILES string of the molecule is O=[N+]([O-])C1=CCCC=C1c1ccc2cc(-c3ccccc3)n(-c3ccccc3)c2c1. The fourth-order valence-electron chi connectivity index (χ4n) is 4.15. The van der Waals surface area contributed by atoms with Crippen molar-refractivity contribution < 1.29 is 4.92 Å². The molecule has 0 radical (unpaired) electrons. The van der Waals surface area contributed by atoms with Gasteiger partial charge in [0, 0.05) is 11.1 Å². The van der Waals surface area contributed by atoms with Crippen molar-refractivity contribution in [3.8, 4) is 16.9 Å². The third kappa shape index (κ3) is 3.12. The van der Waals surface area contributed by atoms with E-state index in [1.165, 1.54) is 0 Å². The zero-order valence-electron chi connectivity index (χ0n) is 16.4. The van der Waals surface area contributed by atoms with Crippen LogP contribution in [0.15, 0.2) is 103 Å². The summed E-state index contributed by atoms with van der Waals surface area (Å²) >= 11 is 0. The molecular formula is C26H20N2O2. The molecule has 0 spiro atoms. The van der Waals surface area contributed by atoms with Crippen molar-refractivity contribution in [2.45, 2.75) is 12.8 Å². The first kappa shape index (κ1) is 18.1. The van der Waals surface area contributed by atoms with Crippen molar-refractivity contribution in [2.75, 3.05) is 0 Å². The monoisotopic (exact) mass is 392 g/mol. The number of nitrogens with zero attached hydrogens (tertiary/aromatic N) is 2. The van der Waals surface area contributed by atoms with Crippen LogP contribution in [0.1, 0.15) is 18.4 Å². The number of rotatable bonds is 4. The van der Waals surface area contributed by atoms with Crippen LogP contribution in [-0.4, -0.2) is 9.49 Å². The number of para-hydroxylation sites is 1. The Hall–Kier alpha value is -3.92. The van der Waals surface area contributed by atoms with Gasteiger partial charge in [-0.15, -0.1) is 0 Å². The van der Waals surface area contributed by atoms with E-state index in [0.717, 1.165) is 39.8 Å². The summed E-state index contributed by atoms with van der Waals surface area (Å²) in [6.07, 6.45) is 5.23. The molecule has 4 aromatic rings. The van der Waals surface area contributed by atoms with Gasteiger partial charge in [-0.1, -0.05) is 66.7 Å². The lowest BCUT2D eigenvalue weighted by atomic mass is 9.96. The standard InChI is InChI=1S/C26H20N2O2/c29-28(30)24-14-8-7-13-23(24)20-15-16-21-18-25(19-9-3-1-4-10-19)27(26(21)17-20)22-11-5-2-6-12-22/h1-6,9-18H,7-8H2. The van der Waals surface area contributed by atoms with E-state index in [1.807, 2.05) is 48.5 Å². The molecule has 1 aromatic heterocycles. The summed E-state index contributed by atoms with van der Waals surface area (Å²) in [5, 5.41) is 12.7. The summed E-state index contributed by atoms with van der Waals surface area (Å²) in [7, 11) is 0. The summed E-state index contributed by atoms with van der Waals surface area (Å²) in [6, 6.07) is 28.8. The number of benzene rings is 3. The van der Waals surface area contributed by atoms with E-state index >= 15 is 0 Å². The molecule has 30 heavy (non-hydrogen) atoms. The number of aromatic nitrogens is 1. The Balaban J connectivity index is 1.75. The van der Waals surface area contributed by atoms with Crippen LogP contribution < -0.4 is 0 Å². The average molecular weight is 392 g/mol. The second-order valence-electron chi connectivity index (χ2n) is 7.38. The molecule has 1 heterocycles. The minimum Gasteiger partial charge on any atom is -0.309 e. The predicted octanol–water partition coefficient (Wildman–Crippen LogP) is 6.64. The van der Waals surface area contributed by atoms with Crippen molar-refractivity contribution in [3.05, 3.63) is 118 Å². The van der Waals surface area contributed by atoms with Gasteiger partial charge in [0.05, 0.1) is 21.7 Å². The number of fused-ring (bicyclic) bond motifs is 1. The molecule has 0 aliphatic heterocycles. The van der Waals surface area contributed by atoms with Crippen molar-refractivity contribution in [2.24, 2.45) is 0 Å². The number of hydrogen-bond donors (Lipinski definition) is 0. The Labute approximate surface area is 174 Å². The lowest BCUT2D eigenvalue weighted by Gasteiger charge is -2.13. The van der Waals surface area contributed by atoms with Gasteiger partial charge in [-0.3, -0.25) is 10.1 Å². The minimum atomic E-state index is -0.277. The maximum absolute atomic E-state index is 11.6. The number of hydrogen-bond acceptors (Lipinski definition) is 2. The molecule has 0 N–H and O–H groups in total. The topological polar surface area (TPSA) is 48.1 Å². The van der Waals surface area contributed by atoms with Crippen LogP contribution in [0.3, 0.4) is 0 Å². The Kier molecular flexibility index (Phi) is 4.52. The van der Waals surface area contributed by atoms with Crippen LogP contribution in [-0.2, 0) is 0 Å². The van der Waals surface area contributed by atoms with E-state index in [1.54, 1.807) is 6.08 Å². The number of allylic oxidation sites excluding steroid dienone is 3. The summed E-state index contributed by atoms with van der Waals surface area (Å²) in [5.74, 6) is 0. The molecule has 0 unspecified atom stereocenters. The minimum absolute atomic E-state index is 0.196. The normalized spacial score (nSPS) is 13.7. The van der Waals surface area contributed by atoms with Gasteiger partial charge >= 0.3 is 0 Å². The van der Waals surface area contributed by atoms with Gasteiger partial charge in [-0.2, -0.15) is 0 Å². The van der Waals surface area contributed by atoms with Gasteiger partial charge in [0.2, 0.25) is 0 Å². The van der Waals surface area contributed by atoms with E-state index in [0.29, 0.717) is 12.0 Å². The quantitative estimate of drug-likeness (QED) is 0.289. The molecule has 1 aliphatic rings. The molecule has 0 saturated carbocycles. The average Bonchev–Trinajstić information content (AvgIpc) is 3.19. The Morgan fingerprint density at radius 2 is 1.47 bits per heavy atom. The zero-order valence-corrected chi connectivity index (χ0v) is 16.4. The van der Waals surface area contributed by atoms with Gasteiger partial charge in [0.1, 0.15) is 0 Å². The van der Waals surface area contributed by atoms with Crippen LogP contribution in [0.4, 0.5) is 0 Å². The maximum Gasteiger partial charge on any atom is 0.272 e. The molecule has 1 aliphatic carbocycles. The third-order valence-corrected chi connectivity index (χ3v) is 5.52. The second-order valence-corrected chi connectivity index (χ2v) is 7.38. The number of nitro groups is 1. The Morgan fingerprint density at radius 3 is 2.20 bits per heavy atom. The first-order chi connectivity index (χ1) is 14.7. The molecule has 0 bridgehead atoms. The first-order valence-electron chi connectivity index (χ1n) is 10.0. The Morgan fingerprint density at radius 1 is 0.767 bits per heavy atom. The van der Waals surface area contributed by atoms with E-state index in [-0.39, 0.29) is 10.6 Å². The molecule has 3 aromatic carbocycles. The molecule has 146 valence electrons. The van der Waals surface area contributed by atoms with Crippen LogP contribution in [0.25, 0.3) is 33.4 Å². The van der Waals surface area contributed by atoms with Crippen molar-refractivity contribution >= 4 is 16.5 Å². The molecule has 0 saturated heterocycles. The molecule has 0 amide bonds. The van der Waals surface area contributed by atoms with Crippen molar-refractivity contribution in [1.82, 2.24) is 4.57 Å². The zero-order chi connectivity index (χ0) is 20.5. The van der Waals surface area contributed by atoms with Gasteiger partial charge in [-0.25, -0.2) is 0 Å². The molecule has 4 heteroatoms. The van der Waals surface area contributed by atoms with Crippen LogP contribution >= 0.6 is 0 Å². The highest BCUT2D eigenvalue weighted by Gasteiger charge is 2.22. The summed E-state index contributed by atoms with van der Waals surface area (Å²) in [5.41, 5.74) is 6.09. The van der Waals surface area contributed by atoms with Gasteiger partial charge in [0.15, 0.2) is 0 Å². The summed E-state index contributed by atoms with van der Waals surface area (Å²) in [4.78, 5) is 11.3. The largest absolute Gasteiger partial charge is 0.309 e. The third-order valence-electron chi connectivity index (χ3n) is 5.52. The highest BCUT2D eigenvalue weighted by Crippen LogP contribution is 2.35. The second kappa shape index (κ2) is 7.48.